The summed E-state index contributed by atoms with van der Waals surface area (Å²) in [5.74, 6) is 0. The van der Waals surface area contributed by atoms with Crippen LogP contribution in [0.15, 0.2) is 24.3 Å². The Morgan fingerprint density at radius 1 is 1.31 bits per heavy atom. The monoisotopic (exact) mass is 376 g/mol. The van der Waals surface area contributed by atoms with Crippen molar-refractivity contribution in [2.75, 3.05) is 32.7 Å². The van der Waals surface area contributed by atoms with Gasteiger partial charge in [0.05, 0.1) is 0 Å². The number of hydrogen-bond donors (Lipinski definition) is 3. The molecular weight excluding hydrogens is 348 g/mol. The van der Waals surface area contributed by atoms with Gasteiger partial charge in [-0.25, -0.2) is 4.79 Å². The van der Waals surface area contributed by atoms with Gasteiger partial charge in [0, 0.05) is 48.2 Å². The molecule has 1 spiro atoms. The normalized spacial score (nSPS) is 22.6. The summed E-state index contributed by atoms with van der Waals surface area (Å²) in [5, 5.41) is 7.87. The van der Waals surface area contributed by atoms with Crippen LogP contribution in [0.25, 0.3) is 10.9 Å². The third kappa shape index (κ3) is 3.69. The largest absolute Gasteiger partial charge is 0.358 e. The number of piperidine rings is 1. The van der Waals surface area contributed by atoms with Crippen LogP contribution >= 0.6 is 12.4 Å². The maximum Gasteiger partial charge on any atom is 0.317 e. The molecule has 142 valence electrons. The molecular formula is C20H29ClN4O. The van der Waals surface area contributed by atoms with Crippen molar-refractivity contribution < 1.29 is 4.79 Å². The second kappa shape index (κ2) is 7.89. The van der Waals surface area contributed by atoms with Crippen LogP contribution in [0.2, 0.25) is 0 Å². The lowest BCUT2D eigenvalue weighted by Crippen LogP contribution is -2.50. The predicted octanol–water partition coefficient (Wildman–Crippen LogP) is 3.23. The number of aromatic nitrogens is 1. The average molecular weight is 377 g/mol. The third-order valence-electron chi connectivity index (χ3n) is 5.96. The van der Waals surface area contributed by atoms with Crippen LogP contribution in [0.5, 0.6) is 0 Å². The first-order chi connectivity index (χ1) is 12.2. The first kappa shape index (κ1) is 19.1. The number of carbonyl (C=O) groups is 1. The Morgan fingerprint density at radius 3 is 2.96 bits per heavy atom. The zero-order chi connectivity index (χ0) is 17.3. The van der Waals surface area contributed by atoms with Crippen LogP contribution in [-0.4, -0.2) is 48.6 Å². The zero-order valence-corrected chi connectivity index (χ0v) is 16.3. The van der Waals surface area contributed by atoms with Crippen molar-refractivity contribution in [3.05, 3.63) is 35.5 Å². The van der Waals surface area contributed by atoms with E-state index in [1.807, 2.05) is 11.0 Å². The van der Waals surface area contributed by atoms with Gasteiger partial charge in [-0.1, -0.05) is 18.2 Å². The van der Waals surface area contributed by atoms with E-state index in [9.17, 15) is 4.79 Å². The van der Waals surface area contributed by atoms with Crippen molar-refractivity contribution in [3.63, 3.8) is 0 Å². The highest BCUT2D eigenvalue weighted by molar-refractivity contribution is 5.85. The Kier molecular flexibility index (Phi) is 5.78. The first-order valence-electron chi connectivity index (χ1n) is 9.47. The molecule has 6 heteroatoms. The number of fused-ring (bicyclic) bond motifs is 1. The van der Waals surface area contributed by atoms with Crippen LogP contribution < -0.4 is 10.6 Å². The van der Waals surface area contributed by atoms with Gasteiger partial charge in [0.15, 0.2) is 0 Å². The molecule has 3 heterocycles. The lowest BCUT2D eigenvalue weighted by Gasteiger charge is -2.39. The molecule has 1 aromatic carbocycles. The minimum atomic E-state index is 0. The first-order valence-corrected chi connectivity index (χ1v) is 9.47. The number of aromatic amines is 1. The van der Waals surface area contributed by atoms with E-state index in [-0.39, 0.29) is 18.4 Å². The van der Waals surface area contributed by atoms with Gasteiger partial charge in [0.25, 0.3) is 0 Å². The van der Waals surface area contributed by atoms with E-state index in [4.69, 9.17) is 0 Å². The van der Waals surface area contributed by atoms with Gasteiger partial charge in [-0.05, 0) is 50.8 Å². The number of aryl methyl sites for hydroxylation is 1. The minimum absolute atomic E-state index is 0. The van der Waals surface area contributed by atoms with Crippen LogP contribution in [0, 0.1) is 12.3 Å². The van der Waals surface area contributed by atoms with Gasteiger partial charge < -0.3 is 20.5 Å². The smallest absolute Gasteiger partial charge is 0.317 e. The number of H-pyrrole nitrogens is 1. The van der Waals surface area contributed by atoms with E-state index in [2.05, 4.69) is 40.7 Å². The molecule has 1 unspecified atom stereocenters. The molecule has 1 aromatic heterocycles. The molecule has 3 N–H and O–H groups in total. The Balaban J connectivity index is 0.00000196. The van der Waals surface area contributed by atoms with E-state index >= 15 is 0 Å². The Labute approximate surface area is 161 Å². The molecule has 2 aliphatic heterocycles. The molecule has 0 bridgehead atoms. The second-order valence-electron chi connectivity index (χ2n) is 7.71. The van der Waals surface area contributed by atoms with E-state index in [1.165, 1.54) is 35.0 Å². The van der Waals surface area contributed by atoms with Gasteiger partial charge in [0.2, 0.25) is 0 Å². The standard InChI is InChI=1S/C20H28N4O.ClH/c1-15-16(17-5-2-3-6-18(17)23-15)7-10-22-19(25)24-12-4-8-20(14-24)9-11-21-13-20;/h2-3,5-6,21,23H,4,7-14H2,1H3,(H,22,25);1H. The number of hydrogen-bond acceptors (Lipinski definition) is 2. The Bertz CT molecular complexity index is 766. The van der Waals surface area contributed by atoms with Crippen molar-refractivity contribution >= 4 is 29.3 Å². The number of halogens is 1. The molecule has 1 atom stereocenters. The summed E-state index contributed by atoms with van der Waals surface area (Å²) in [6.07, 6.45) is 4.43. The fourth-order valence-corrected chi connectivity index (χ4v) is 4.59. The zero-order valence-electron chi connectivity index (χ0n) is 15.4. The summed E-state index contributed by atoms with van der Waals surface area (Å²) in [6, 6.07) is 8.47. The fraction of sp³-hybridized carbons (Fsp3) is 0.550. The number of carbonyl (C=O) groups excluding carboxylic acids is 1. The summed E-state index contributed by atoms with van der Waals surface area (Å²) in [6.45, 7) is 6.74. The predicted molar refractivity (Wildman–Crippen MR) is 108 cm³/mol. The topological polar surface area (TPSA) is 60.2 Å². The van der Waals surface area contributed by atoms with E-state index in [0.29, 0.717) is 12.0 Å². The molecule has 2 aromatic rings. The number of nitrogens with zero attached hydrogens (tertiary/aromatic N) is 1. The summed E-state index contributed by atoms with van der Waals surface area (Å²) < 4.78 is 0. The Morgan fingerprint density at radius 2 is 2.15 bits per heavy atom. The highest BCUT2D eigenvalue weighted by atomic mass is 35.5. The molecule has 4 rings (SSSR count). The van der Waals surface area contributed by atoms with Crippen molar-refractivity contribution in [1.29, 1.82) is 0 Å². The number of nitrogens with one attached hydrogen (secondary N) is 3. The van der Waals surface area contributed by atoms with Crippen molar-refractivity contribution in [3.8, 4) is 0 Å². The molecule has 26 heavy (non-hydrogen) atoms. The number of likely N-dealkylation sites (tertiary alicyclic amines) is 1. The fourth-order valence-electron chi connectivity index (χ4n) is 4.59. The molecule has 5 nitrogen and oxygen atoms in total. The quantitative estimate of drug-likeness (QED) is 0.770. The van der Waals surface area contributed by atoms with Crippen molar-refractivity contribution in [1.82, 2.24) is 20.5 Å². The van der Waals surface area contributed by atoms with E-state index < -0.39 is 0 Å². The average Bonchev–Trinajstić information content (AvgIpc) is 3.19. The number of amides is 2. The summed E-state index contributed by atoms with van der Waals surface area (Å²) in [4.78, 5) is 18.1. The lowest BCUT2D eigenvalue weighted by atomic mass is 9.79. The summed E-state index contributed by atoms with van der Waals surface area (Å²) in [5.41, 5.74) is 4.01. The number of urea groups is 1. The second-order valence-corrected chi connectivity index (χ2v) is 7.71. The maximum absolute atomic E-state index is 12.6. The van der Waals surface area contributed by atoms with Gasteiger partial charge in [-0.2, -0.15) is 0 Å². The summed E-state index contributed by atoms with van der Waals surface area (Å²) >= 11 is 0. The minimum Gasteiger partial charge on any atom is -0.358 e. The van der Waals surface area contributed by atoms with Crippen molar-refractivity contribution in [2.24, 2.45) is 5.41 Å². The Hall–Kier alpha value is -1.72. The highest BCUT2D eigenvalue weighted by Crippen LogP contribution is 2.35. The van der Waals surface area contributed by atoms with E-state index in [0.717, 1.165) is 39.0 Å². The lowest BCUT2D eigenvalue weighted by molar-refractivity contribution is 0.118. The van der Waals surface area contributed by atoms with Crippen LogP contribution in [-0.2, 0) is 6.42 Å². The van der Waals surface area contributed by atoms with Crippen LogP contribution in [0.4, 0.5) is 4.79 Å². The molecule has 2 aliphatic rings. The van der Waals surface area contributed by atoms with Crippen molar-refractivity contribution in [2.45, 2.75) is 32.6 Å². The maximum atomic E-state index is 12.6. The molecule has 2 saturated heterocycles. The van der Waals surface area contributed by atoms with Crippen LogP contribution in [0.1, 0.15) is 30.5 Å². The molecule has 0 radical (unpaired) electrons. The highest BCUT2D eigenvalue weighted by Gasteiger charge is 2.39. The molecule has 2 amide bonds. The van der Waals surface area contributed by atoms with Gasteiger partial charge >= 0.3 is 6.03 Å². The van der Waals surface area contributed by atoms with Gasteiger partial charge in [-0.15, -0.1) is 12.4 Å². The van der Waals surface area contributed by atoms with E-state index in [1.54, 1.807) is 0 Å². The van der Waals surface area contributed by atoms with Crippen LogP contribution in [0.3, 0.4) is 0 Å². The van der Waals surface area contributed by atoms with Gasteiger partial charge in [-0.3, -0.25) is 0 Å². The number of rotatable bonds is 3. The third-order valence-corrected chi connectivity index (χ3v) is 5.96. The molecule has 0 aliphatic carbocycles. The van der Waals surface area contributed by atoms with Gasteiger partial charge in [0.1, 0.15) is 0 Å². The number of para-hydroxylation sites is 1. The molecule has 0 saturated carbocycles. The number of benzene rings is 1. The summed E-state index contributed by atoms with van der Waals surface area (Å²) in [7, 11) is 0. The SMILES string of the molecule is Cc1[nH]c2ccccc2c1CCNC(=O)N1CCCC2(CCNC2)C1.Cl. The molecule has 2 fully saturated rings.